The van der Waals surface area contributed by atoms with Gasteiger partial charge in [0.2, 0.25) is 10.0 Å². The second kappa shape index (κ2) is 7.79. The number of nitro benzene ring substituents is 1. The van der Waals surface area contributed by atoms with Crippen molar-refractivity contribution < 1.29 is 22.5 Å². The van der Waals surface area contributed by atoms with E-state index in [0.717, 1.165) is 6.07 Å². The largest absolute Gasteiger partial charge is 0.490 e. The van der Waals surface area contributed by atoms with Crippen LogP contribution in [0.25, 0.3) is 0 Å². The summed E-state index contributed by atoms with van der Waals surface area (Å²) in [5, 5.41) is 11.1. The second-order valence-electron chi connectivity index (χ2n) is 5.99. The number of methoxy groups -OCH3 is 1. The lowest BCUT2D eigenvalue weighted by Crippen LogP contribution is -2.31. The third-order valence-electron chi connectivity index (χ3n) is 3.84. The van der Waals surface area contributed by atoms with Gasteiger partial charge in [0.15, 0.2) is 5.75 Å². The third kappa shape index (κ3) is 4.36. The number of benzene rings is 2. The molecule has 2 aromatic carbocycles. The van der Waals surface area contributed by atoms with Gasteiger partial charge in [0.05, 0.1) is 16.9 Å². The van der Waals surface area contributed by atoms with Gasteiger partial charge in [-0.2, -0.15) is 0 Å². The summed E-state index contributed by atoms with van der Waals surface area (Å²) in [6, 6.07) is 8.28. The van der Waals surface area contributed by atoms with E-state index in [2.05, 4.69) is 4.72 Å². The van der Waals surface area contributed by atoms with E-state index in [1.54, 1.807) is 0 Å². The highest BCUT2D eigenvalue weighted by atomic mass is 32.2. The molecule has 0 aromatic heterocycles. The predicted molar refractivity (Wildman–Crippen MR) is 93.9 cm³/mol. The minimum Gasteiger partial charge on any atom is -0.490 e. The van der Waals surface area contributed by atoms with Gasteiger partial charge in [-0.1, -0.05) is 26.0 Å². The number of nitro groups is 1. The van der Waals surface area contributed by atoms with Crippen LogP contribution in [0.5, 0.6) is 5.75 Å². The lowest BCUT2D eigenvalue weighted by Gasteiger charge is -2.23. The van der Waals surface area contributed by atoms with Gasteiger partial charge in [-0.05, 0) is 35.7 Å². The van der Waals surface area contributed by atoms with Gasteiger partial charge in [0.25, 0.3) is 0 Å². The lowest BCUT2D eigenvalue weighted by molar-refractivity contribution is -0.386. The van der Waals surface area contributed by atoms with E-state index >= 15 is 0 Å². The average molecular weight is 382 g/mol. The molecule has 0 radical (unpaired) electrons. The van der Waals surface area contributed by atoms with Crippen LogP contribution in [0.4, 0.5) is 10.1 Å². The molecule has 26 heavy (non-hydrogen) atoms. The van der Waals surface area contributed by atoms with Gasteiger partial charge < -0.3 is 4.74 Å². The fourth-order valence-electron chi connectivity index (χ4n) is 2.47. The zero-order valence-electron chi connectivity index (χ0n) is 14.5. The van der Waals surface area contributed by atoms with E-state index in [1.807, 2.05) is 13.8 Å². The number of ether oxygens (including phenoxy) is 1. The number of hydrogen-bond donors (Lipinski definition) is 1. The van der Waals surface area contributed by atoms with Crippen molar-refractivity contribution in [3.05, 3.63) is 64.0 Å². The highest BCUT2D eigenvalue weighted by molar-refractivity contribution is 7.89. The summed E-state index contributed by atoms with van der Waals surface area (Å²) in [6.07, 6.45) is 0. The van der Waals surface area contributed by atoms with Crippen LogP contribution in [0, 0.1) is 21.8 Å². The molecule has 140 valence electrons. The first-order chi connectivity index (χ1) is 12.2. The van der Waals surface area contributed by atoms with Gasteiger partial charge >= 0.3 is 5.69 Å². The molecule has 9 heteroatoms. The van der Waals surface area contributed by atoms with Crippen LogP contribution in [0.3, 0.4) is 0 Å². The van der Waals surface area contributed by atoms with Gasteiger partial charge in [0.1, 0.15) is 5.82 Å². The monoisotopic (exact) mass is 382 g/mol. The Balaban J connectivity index is 2.41. The maximum absolute atomic E-state index is 13.1. The molecule has 7 nitrogen and oxygen atoms in total. The first-order valence-electron chi connectivity index (χ1n) is 7.76. The first-order valence-corrected chi connectivity index (χ1v) is 9.24. The Labute approximate surface area is 151 Å². The van der Waals surface area contributed by atoms with Crippen LogP contribution in [-0.4, -0.2) is 20.5 Å². The fraction of sp³-hybridized carbons (Fsp3) is 0.294. The van der Waals surface area contributed by atoms with Crippen molar-refractivity contribution in [2.75, 3.05) is 7.11 Å². The smallest absolute Gasteiger partial charge is 0.312 e. The normalized spacial score (nSPS) is 12.8. The third-order valence-corrected chi connectivity index (χ3v) is 5.27. The van der Waals surface area contributed by atoms with Crippen LogP contribution in [0.15, 0.2) is 47.4 Å². The SMILES string of the molecule is COc1ccc(S(=O)(=O)NC(c2ccc(F)cc2)C(C)C)cc1[N+](=O)[O-]. The number of nitrogens with zero attached hydrogens (tertiary/aromatic N) is 1. The minimum atomic E-state index is -4.05. The number of hydrogen-bond acceptors (Lipinski definition) is 5. The zero-order valence-corrected chi connectivity index (χ0v) is 15.3. The maximum Gasteiger partial charge on any atom is 0.312 e. The Morgan fingerprint density at radius 3 is 2.27 bits per heavy atom. The summed E-state index contributed by atoms with van der Waals surface area (Å²) in [5.74, 6) is -0.596. The van der Waals surface area contributed by atoms with E-state index < -0.39 is 32.5 Å². The Morgan fingerprint density at radius 1 is 1.15 bits per heavy atom. The molecule has 0 aliphatic heterocycles. The molecule has 0 saturated heterocycles. The van der Waals surface area contributed by atoms with Crippen molar-refractivity contribution in [1.82, 2.24) is 4.72 Å². The average Bonchev–Trinajstić information content (AvgIpc) is 2.59. The van der Waals surface area contributed by atoms with Crippen molar-refractivity contribution in [2.45, 2.75) is 24.8 Å². The predicted octanol–water partition coefficient (Wildman–Crippen LogP) is 3.42. The van der Waals surface area contributed by atoms with Gasteiger partial charge in [-0.25, -0.2) is 17.5 Å². The summed E-state index contributed by atoms with van der Waals surface area (Å²) in [7, 11) is -2.79. The van der Waals surface area contributed by atoms with E-state index in [1.165, 1.54) is 43.5 Å². The topological polar surface area (TPSA) is 98.5 Å². The maximum atomic E-state index is 13.1. The summed E-state index contributed by atoms with van der Waals surface area (Å²) in [6.45, 7) is 3.63. The van der Waals surface area contributed by atoms with Crippen LogP contribution >= 0.6 is 0 Å². The van der Waals surface area contributed by atoms with E-state index in [4.69, 9.17) is 4.74 Å². The summed E-state index contributed by atoms with van der Waals surface area (Å²) in [4.78, 5) is 10.2. The Morgan fingerprint density at radius 2 is 1.77 bits per heavy atom. The quantitative estimate of drug-likeness (QED) is 0.584. The Hall–Kier alpha value is -2.52. The molecule has 0 heterocycles. The number of nitrogens with one attached hydrogen (secondary N) is 1. The highest BCUT2D eigenvalue weighted by Crippen LogP contribution is 2.31. The van der Waals surface area contributed by atoms with Crippen LogP contribution in [-0.2, 0) is 10.0 Å². The second-order valence-corrected chi connectivity index (χ2v) is 7.70. The van der Waals surface area contributed by atoms with Gasteiger partial charge in [-0.15, -0.1) is 0 Å². The number of rotatable bonds is 7. The van der Waals surface area contributed by atoms with Gasteiger partial charge in [0, 0.05) is 12.1 Å². The molecule has 0 saturated carbocycles. The lowest BCUT2D eigenvalue weighted by atomic mass is 9.97. The number of halogens is 1. The molecular weight excluding hydrogens is 363 g/mol. The molecule has 1 unspecified atom stereocenters. The fourth-order valence-corrected chi connectivity index (χ4v) is 3.87. The molecule has 2 rings (SSSR count). The van der Waals surface area contributed by atoms with Crippen LogP contribution in [0.1, 0.15) is 25.5 Å². The summed E-state index contributed by atoms with van der Waals surface area (Å²) < 4.78 is 46.0. The molecule has 2 aromatic rings. The first kappa shape index (κ1) is 19.8. The Bertz CT molecular complexity index is 898. The summed E-state index contributed by atoms with van der Waals surface area (Å²) in [5.41, 5.74) is 0.145. The van der Waals surface area contributed by atoms with Crippen molar-refractivity contribution in [3.63, 3.8) is 0 Å². The molecule has 0 aliphatic rings. The van der Waals surface area contributed by atoms with E-state index in [9.17, 15) is 22.9 Å². The molecule has 0 aliphatic carbocycles. The minimum absolute atomic E-state index is 0.0344. The summed E-state index contributed by atoms with van der Waals surface area (Å²) >= 11 is 0. The van der Waals surface area contributed by atoms with Crippen molar-refractivity contribution in [2.24, 2.45) is 5.92 Å². The number of sulfonamides is 1. The van der Waals surface area contributed by atoms with Crippen molar-refractivity contribution in [1.29, 1.82) is 0 Å². The molecule has 0 amide bonds. The zero-order chi connectivity index (χ0) is 19.5. The van der Waals surface area contributed by atoms with Crippen molar-refractivity contribution >= 4 is 15.7 Å². The molecular formula is C17H19FN2O5S. The molecule has 0 spiro atoms. The van der Waals surface area contributed by atoms with Gasteiger partial charge in [-0.3, -0.25) is 10.1 Å². The standard InChI is InChI=1S/C17H19FN2O5S/c1-11(2)17(12-4-6-13(18)7-5-12)19-26(23,24)14-8-9-16(25-3)15(10-14)20(21)22/h4-11,17,19H,1-3H3. The highest BCUT2D eigenvalue weighted by Gasteiger charge is 2.26. The van der Waals surface area contributed by atoms with Crippen molar-refractivity contribution in [3.8, 4) is 5.75 Å². The van der Waals surface area contributed by atoms with Crippen LogP contribution in [0.2, 0.25) is 0 Å². The van der Waals surface area contributed by atoms with Crippen LogP contribution < -0.4 is 9.46 Å². The molecule has 0 bridgehead atoms. The van der Waals surface area contributed by atoms with E-state index in [0.29, 0.717) is 5.56 Å². The molecule has 0 fully saturated rings. The van der Waals surface area contributed by atoms with E-state index in [-0.39, 0.29) is 16.6 Å². The molecule has 1 atom stereocenters. The Kier molecular flexibility index (Phi) is 5.94. The molecule has 1 N–H and O–H groups in total.